The van der Waals surface area contributed by atoms with Crippen molar-refractivity contribution in [3.63, 3.8) is 0 Å². The molecule has 0 aliphatic heterocycles. The summed E-state index contributed by atoms with van der Waals surface area (Å²) >= 11 is 2.45. The van der Waals surface area contributed by atoms with Gasteiger partial charge in [0.1, 0.15) is 10.7 Å². The van der Waals surface area contributed by atoms with Crippen molar-refractivity contribution in [3.05, 3.63) is 53.6 Å². The summed E-state index contributed by atoms with van der Waals surface area (Å²) in [6.45, 7) is 5.12. The quantitative estimate of drug-likeness (QED) is 0.418. The van der Waals surface area contributed by atoms with Gasteiger partial charge in [-0.15, -0.1) is 11.8 Å². The second kappa shape index (κ2) is 10.0. The molecule has 2 aromatic carbocycles. The average Bonchev–Trinajstić information content (AvgIpc) is 2.64. The van der Waals surface area contributed by atoms with Gasteiger partial charge < -0.3 is 10.1 Å². The molecular formula is C20H20N2O3S2. The monoisotopic (exact) mass is 400 g/mol. The molecule has 0 aromatic heterocycles. The third kappa shape index (κ3) is 6.35. The Morgan fingerprint density at radius 3 is 2.37 bits per heavy atom. The molecule has 0 aliphatic carbocycles. The van der Waals surface area contributed by atoms with E-state index in [9.17, 15) is 9.59 Å². The molecule has 0 bridgehead atoms. The Morgan fingerprint density at radius 2 is 1.78 bits per heavy atom. The van der Waals surface area contributed by atoms with Crippen molar-refractivity contribution >= 4 is 41.1 Å². The number of esters is 1. The highest BCUT2D eigenvalue weighted by molar-refractivity contribution is 8.03. The normalized spacial score (nSPS) is 11.3. The predicted octanol–water partition coefficient (Wildman–Crippen LogP) is 4.54. The molecular weight excluding hydrogens is 380 g/mol. The molecule has 2 aromatic rings. The van der Waals surface area contributed by atoms with Crippen LogP contribution in [0.15, 0.2) is 52.3 Å². The van der Waals surface area contributed by atoms with Gasteiger partial charge in [-0.1, -0.05) is 18.2 Å². The minimum atomic E-state index is -0.437. The third-order valence-electron chi connectivity index (χ3n) is 3.67. The van der Waals surface area contributed by atoms with Gasteiger partial charge in [-0.25, -0.2) is 0 Å². The molecule has 140 valence electrons. The molecule has 0 saturated carbocycles. The summed E-state index contributed by atoms with van der Waals surface area (Å²) in [5.74, 6) is -0.833. The zero-order valence-corrected chi connectivity index (χ0v) is 16.9. The van der Waals surface area contributed by atoms with Crippen LogP contribution in [0.5, 0.6) is 0 Å². The lowest BCUT2D eigenvalue weighted by Gasteiger charge is -2.14. The van der Waals surface area contributed by atoms with Crippen LogP contribution in [0.25, 0.3) is 0 Å². The number of nitriles is 1. The number of hydrogen-bond acceptors (Lipinski definition) is 6. The highest BCUT2D eigenvalue weighted by atomic mass is 32.2. The Bertz CT molecular complexity index is 840. The first-order chi connectivity index (χ1) is 12.9. The average molecular weight is 401 g/mol. The summed E-state index contributed by atoms with van der Waals surface area (Å²) in [7, 11) is 0. The van der Waals surface area contributed by atoms with E-state index in [0.29, 0.717) is 5.69 Å². The minimum Gasteiger partial charge on any atom is -0.455 e. The number of nitrogens with zero attached hydrogens (tertiary/aromatic N) is 1. The first-order valence-corrected chi connectivity index (χ1v) is 9.95. The summed E-state index contributed by atoms with van der Waals surface area (Å²) in [5.41, 5.74) is 2.37. The van der Waals surface area contributed by atoms with Gasteiger partial charge in [0.15, 0.2) is 6.61 Å². The molecule has 7 heteroatoms. The standard InChI is InChI=1S/C20H20N2O3S2/c1-13-9-17(26-12-21)10-14(2)19(13)22-18(23)11-25-20(24)15(3)27-16-7-5-4-6-8-16/h4-10,15H,11H2,1-3H3,(H,22,23)/t15-/m0/s1. The third-order valence-corrected chi connectivity index (χ3v) is 5.32. The molecule has 2 rings (SSSR count). The Kier molecular flexibility index (Phi) is 7.77. The molecule has 0 saturated heterocycles. The number of thiocyanates is 1. The lowest BCUT2D eigenvalue weighted by Crippen LogP contribution is -2.25. The summed E-state index contributed by atoms with van der Waals surface area (Å²) in [5, 5.41) is 13.2. The molecule has 1 atom stereocenters. The summed E-state index contributed by atoms with van der Waals surface area (Å²) in [6, 6.07) is 13.2. The molecule has 1 N–H and O–H groups in total. The van der Waals surface area contributed by atoms with Crippen molar-refractivity contribution in [1.82, 2.24) is 0 Å². The van der Waals surface area contributed by atoms with Gasteiger partial charge in [0.2, 0.25) is 0 Å². The van der Waals surface area contributed by atoms with E-state index >= 15 is 0 Å². The number of carbonyl (C=O) groups is 2. The second-order valence-corrected chi connectivity index (χ2v) is 8.13. The molecule has 0 fully saturated rings. The maximum absolute atomic E-state index is 12.2. The Labute approximate surface area is 167 Å². The Morgan fingerprint density at radius 1 is 1.15 bits per heavy atom. The maximum Gasteiger partial charge on any atom is 0.319 e. The van der Waals surface area contributed by atoms with Gasteiger partial charge >= 0.3 is 5.97 Å². The highest BCUT2D eigenvalue weighted by Crippen LogP contribution is 2.27. The topological polar surface area (TPSA) is 79.2 Å². The number of ether oxygens (including phenoxy) is 1. The molecule has 0 aliphatic rings. The zero-order valence-electron chi connectivity index (χ0n) is 15.3. The van der Waals surface area contributed by atoms with Crippen LogP contribution in [0.3, 0.4) is 0 Å². The van der Waals surface area contributed by atoms with Gasteiger partial charge in [0.25, 0.3) is 5.91 Å². The van der Waals surface area contributed by atoms with Crippen molar-refractivity contribution in [3.8, 4) is 5.40 Å². The Balaban J connectivity index is 1.89. The number of benzene rings is 2. The van der Waals surface area contributed by atoms with Crippen molar-refractivity contribution < 1.29 is 14.3 Å². The lowest BCUT2D eigenvalue weighted by molar-refractivity contribution is -0.146. The van der Waals surface area contributed by atoms with Crippen LogP contribution in [-0.2, 0) is 14.3 Å². The number of hydrogen-bond donors (Lipinski definition) is 1. The SMILES string of the molecule is Cc1cc(SC#N)cc(C)c1NC(=O)COC(=O)[C@H](C)Sc1ccccc1. The largest absolute Gasteiger partial charge is 0.455 e. The number of aryl methyl sites for hydroxylation is 2. The molecule has 0 spiro atoms. The van der Waals surface area contributed by atoms with E-state index in [1.54, 1.807) is 6.92 Å². The van der Waals surface area contributed by atoms with Crippen LogP contribution in [0.4, 0.5) is 5.69 Å². The van der Waals surface area contributed by atoms with E-state index in [1.807, 2.05) is 61.7 Å². The Hall–Kier alpha value is -2.43. The number of anilines is 1. The van der Waals surface area contributed by atoms with E-state index in [2.05, 4.69) is 5.32 Å². The number of rotatable bonds is 7. The number of nitrogens with one attached hydrogen (secondary N) is 1. The van der Waals surface area contributed by atoms with Crippen LogP contribution >= 0.6 is 23.5 Å². The van der Waals surface area contributed by atoms with Crippen LogP contribution in [-0.4, -0.2) is 23.7 Å². The van der Waals surface area contributed by atoms with E-state index in [-0.39, 0.29) is 6.61 Å². The first-order valence-electron chi connectivity index (χ1n) is 8.26. The number of carbonyl (C=O) groups excluding carboxylic acids is 2. The molecule has 5 nitrogen and oxygen atoms in total. The van der Waals surface area contributed by atoms with Crippen LogP contribution in [0.1, 0.15) is 18.1 Å². The maximum atomic E-state index is 12.2. The van der Waals surface area contributed by atoms with E-state index < -0.39 is 17.1 Å². The van der Waals surface area contributed by atoms with Gasteiger partial charge in [0.05, 0.1) is 0 Å². The minimum absolute atomic E-state index is 0.341. The van der Waals surface area contributed by atoms with Crippen molar-refractivity contribution in [2.75, 3.05) is 11.9 Å². The van der Waals surface area contributed by atoms with Gasteiger partial charge in [0, 0.05) is 15.5 Å². The van der Waals surface area contributed by atoms with Crippen LogP contribution < -0.4 is 5.32 Å². The van der Waals surface area contributed by atoms with Crippen LogP contribution in [0.2, 0.25) is 0 Å². The van der Waals surface area contributed by atoms with Crippen LogP contribution in [0, 0.1) is 24.5 Å². The fraction of sp³-hybridized carbons (Fsp3) is 0.250. The molecule has 1 amide bonds. The van der Waals surface area contributed by atoms with Crippen molar-refractivity contribution in [2.45, 2.75) is 35.8 Å². The second-order valence-electron chi connectivity index (χ2n) is 5.85. The molecule has 0 heterocycles. The molecule has 0 radical (unpaired) electrons. The fourth-order valence-corrected chi connectivity index (χ4v) is 3.88. The smallest absolute Gasteiger partial charge is 0.319 e. The van der Waals surface area contributed by atoms with Gasteiger partial charge in [-0.3, -0.25) is 9.59 Å². The predicted molar refractivity (Wildman–Crippen MR) is 109 cm³/mol. The van der Waals surface area contributed by atoms with Crippen molar-refractivity contribution in [2.24, 2.45) is 0 Å². The molecule has 0 unspecified atom stereocenters. The lowest BCUT2D eigenvalue weighted by atomic mass is 10.1. The number of amides is 1. The van der Waals surface area contributed by atoms with Gasteiger partial charge in [-0.2, -0.15) is 5.26 Å². The molecule has 27 heavy (non-hydrogen) atoms. The summed E-state index contributed by atoms with van der Waals surface area (Å²) in [6.07, 6.45) is 0. The zero-order chi connectivity index (χ0) is 19.8. The first kappa shape index (κ1) is 20.9. The highest BCUT2D eigenvalue weighted by Gasteiger charge is 2.18. The van der Waals surface area contributed by atoms with E-state index in [1.165, 1.54) is 11.8 Å². The summed E-state index contributed by atoms with van der Waals surface area (Å²) < 4.78 is 5.13. The van der Waals surface area contributed by atoms with Gasteiger partial charge in [-0.05, 0) is 67.9 Å². The van der Waals surface area contributed by atoms with Crippen molar-refractivity contribution in [1.29, 1.82) is 5.26 Å². The van der Waals surface area contributed by atoms with E-state index in [0.717, 1.165) is 32.7 Å². The van der Waals surface area contributed by atoms with E-state index in [4.69, 9.17) is 10.00 Å². The number of thioether (sulfide) groups is 2. The fourth-order valence-electron chi connectivity index (χ4n) is 2.41. The summed E-state index contributed by atoms with van der Waals surface area (Å²) in [4.78, 5) is 26.0.